The number of nitrogens with one attached hydrogen (secondary N) is 1. The molecule has 0 saturated carbocycles. The first kappa shape index (κ1) is 19.4. The summed E-state index contributed by atoms with van der Waals surface area (Å²) >= 11 is 0. The summed E-state index contributed by atoms with van der Waals surface area (Å²) in [6, 6.07) is 17.6. The van der Waals surface area contributed by atoms with Gasteiger partial charge in [-0.1, -0.05) is 0 Å². The van der Waals surface area contributed by atoms with E-state index in [0.717, 1.165) is 0 Å². The van der Waals surface area contributed by atoms with Crippen LogP contribution in [-0.4, -0.2) is 31.0 Å². The first-order valence-electron chi connectivity index (χ1n) is 9.41. The minimum absolute atomic E-state index is 0.0605. The zero-order chi connectivity index (χ0) is 21.1. The number of anilines is 2. The Morgan fingerprint density at radius 3 is 2.03 bits per heavy atom. The van der Waals surface area contributed by atoms with Crippen LogP contribution in [0.3, 0.4) is 0 Å². The molecule has 1 atom stereocenters. The van der Waals surface area contributed by atoms with Crippen molar-refractivity contribution in [3.8, 4) is 11.5 Å². The third-order valence-corrected chi connectivity index (χ3v) is 5.25. The first-order valence-corrected chi connectivity index (χ1v) is 9.41. The lowest BCUT2D eigenvalue weighted by atomic mass is 9.76. The highest BCUT2D eigenvalue weighted by atomic mass is 16.5. The SMILES string of the molecule is COc1ccc(NC(=O)C2(c3ccncc3)CC(=O)N2c2ccc(OC)cc2)cc1. The van der Waals surface area contributed by atoms with Crippen molar-refractivity contribution in [1.29, 1.82) is 0 Å². The van der Waals surface area contributed by atoms with Gasteiger partial charge in [-0.15, -0.1) is 0 Å². The van der Waals surface area contributed by atoms with Crippen LogP contribution in [0.4, 0.5) is 11.4 Å². The number of hydrogen-bond acceptors (Lipinski definition) is 5. The van der Waals surface area contributed by atoms with Crippen molar-refractivity contribution in [2.45, 2.75) is 12.0 Å². The smallest absolute Gasteiger partial charge is 0.255 e. The Morgan fingerprint density at radius 2 is 1.50 bits per heavy atom. The van der Waals surface area contributed by atoms with E-state index in [4.69, 9.17) is 9.47 Å². The van der Waals surface area contributed by atoms with Gasteiger partial charge in [0, 0.05) is 23.8 Å². The van der Waals surface area contributed by atoms with Gasteiger partial charge in [-0.25, -0.2) is 0 Å². The van der Waals surface area contributed by atoms with Crippen LogP contribution in [0.25, 0.3) is 0 Å². The van der Waals surface area contributed by atoms with Crippen LogP contribution in [0, 0.1) is 0 Å². The van der Waals surface area contributed by atoms with E-state index in [1.54, 1.807) is 87.3 Å². The molecule has 1 aliphatic heterocycles. The van der Waals surface area contributed by atoms with Gasteiger partial charge in [0.05, 0.1) is 20.6 Å². The highest BCUT2D eigenvalue weighted by molar-refractivity contribution is 6.17. The second-order valence-corrected chi connectivity index (χ2v) is 6.88. The number of nitrogens with zero attached hydrogens (tertiary/aromatic N) is 2. The summed E-state index contributed by atoms with van der Waals surface area (Å²) in [5.74, 6) is 0.926. The lowest BCUT2D eigenvalue weighted by molar-refractivity contribution is -0.137. The number of amides is 2. The molecule has 30 heavy (non-hydrogen) atoms. The summed E-state index contributed by atoms with van der Waals surface area (Å²) in [7, 11) is 3.16. The van der Waals surface area contributed by atoms with Crippen molar-refractivity contribution in [3.05, 3.63) is 78.6 Å². The predicted molar refractivity (Wildman–Crippen MR) is 113 cm³/mol. The van der Waals surface area contributed by atoms with Crippen LogP contribution in [0.15, 0.2) is 73.1 Å². The highest BCUT2D eigenvalue weighted by Crippen LogP contribution is 2.45. The molecule has 1 saturated heterocycles. The number of benzene rings is 2. The fraction of sp³-hybridized carbons (Fsp3) is 0.174. The Kier molecular flexibility index (Phi) is 5.10. The number of carbonyl (C=O) groups is 2. The van der Waals surface area contributed by atoms with E-state index in [1.165, 1.54) is 4.90 Å². The third kappa shape index (κ3) is 3.24. The van der Waals surface area contributed by atoms with Crippen molar-refractivity contribution in [3.63, 3.8) is 0 Å². The average molecular weight is 403 g/mol. The second-order valence-electron chi connectivity index (χ2n) is 6.88. The number of carbonyl (C=O) groups excluding carboxylic acids is 2. The average Bonchev–Trinajstić information content (AvgIpc) is 2.78. The fourth-order valence-corrected chi connectivity index (χ4v) is 3.67. The standard InChI is InChI=1S/C23H21N3O4/c1-29-19-7-3-17(4-8-19)25-22(28)23(16-11-13-24-14-12-16)15-21(27)26(23)18-5-9-20(30-2)10-6-18/h3-14H,15H2,1-2H3,(H,25,28). The van der Waals surface area contributed by atoms with Crippen LogP contribution in [0.5, 0.6) is 11.5 Å². The summed E-state index contributed by atoms with van der Waals surface area (Å²) in [4.78, 5) is 31.8. The van der Waals surface area contributed by atoms with E-state index >= 15 is 0 Å². The van der Waals surface area contributed by atoms with E-state index in [2.05, 4.69) is 10.3 Å². The maximum absolute atomic E-state index is 13.5. The summed E-state index contributed by atoms with van der Waals surface area (Å²) in [6.07, 6.45) is 3.30. The lowest BCUT2D eigenvalue weighted by Gasteiger charge is -2.50. The van der Waals surface area contributed by atoms with Crippen LogP contribution < -0.4 is 19.7 Å². The molecule has 7 nitrogen and oxygen atoms in total. The molecule has 3 aromatic rings. The zero-order valence-corrected chi connectivity index (χ0v) is 16.7. The van der Waals surface area contributed by atoms with Crippen LogP contribution in [0.2, 0.25) is 0 Å². The largest absolute Gasteiger partial charge is 0.497 e. The summed E-state index contributed by atoms with van der Waals surface area (Å²) < 4.78 is 10.4. The normalized spacial score (nSPS) is 17.8. The number of aromatic nitrogens is 1. The van der Waals surface area contributed by atoms with E-state index in [9.17, 15) is 9.59 Å². The fourth-order valence-electron chi connectivity index (χ4n) is 3.67. The molecule has 2 heterocycles. The third-order valence-electron chi connectivity index (χ3n) is 5.25. The molecule has 4 rings (SSSR count). The number of pyridine rings is 1. The van der Waals surface area contributed by atoms with E-state index in [-0.39, 0.29) is 18.2 Å². The minimum atomic E-state index is -1.17. The van der Waals surface area contributed by atoms with Gasteiger partial charge in [-0.2, -0.15) is 0 Å². The van der Waals surface area contributed by atoms with Gasteiger partial charge in [0.1, 0.15) is 11.5 Å². The summed E-state index contributed by atoms with van der Waals surface area (Å²) in [6.45, 7) is 0. The summed E-state index contributed by atoms with van der Waals surface area (Å²) in [5.41, 5.74) is 0.755. The second kappa shape index (κ2) is 7.87. The molecular weight excluding hydrogens is 382 g/mol. The molecule has 1 unspecified atom stereocenters. The number of ether oxygens (including phenoxy) is 2. The van der Waals surface area contributed by atoms with Crippen molar-refractivity contribution in [2.24, 2.45) is 0 Å². The lowest BCUT2D eigenvalue weighted by Crippen LogP contribution is -2.67. The van der Waals surface area contributed by atoms with Crippen LogP contribution in [0.1, 0.15) is 12.0 Å². The molecule has 1 aromatic heterocycles. The van der Waals surface area contributed by atoms with Crippen molar-refractivity contribution < 1.29 is 19.1 Å². The van der Waals surface area contributed by atoms with E-state index in [0.29, 0.717) is 28.4 Å². The maximum atomic E-state index is 13.5. The molecule has 152 valence electrons. The molecule has 0 bridgehead atoms. The number of methoxy groups -OCH3 is 2. The molecule has 1 aliphatic rings. The topological polar surface area (TPSA) is 80.8 Å². The Morgan fingerprint density at radius 1 is 0.933 bits per heavy atom. The first-order chi connectivity index (χ1) is 14.6. The van der Waals surface area contributed by atoms with Crippen molar-refractivity contribution in [2.75, 3.05) is 24.4 Å². The Labute approximate surface area is 174 Å². The molecular formula is C23H21N3O4. The van der Waals surface area contributed by atoms with Gasteiger partial charge in [-0.05, 0) is 66.2 Å². The van der Waals surface area contributed by atoms with E-state index < -0.39 is 5.54 Å². The molecule has 2 aromatic carbocycles. The van der Waals surface area contributed by atoms with Gasteiger partial charge >= 0.3 is 0 Å². The summed E-state index contributed by atoms with van der Waals surface area (Å²) in [5, 5.41) is 2.94. The number of rotatable bonds is 6. The molecule has 2 amide bonds. The van der Waals surface area contributed by atoms with Gasteiger partial charge in [0.25, 0.3) is 5.91 Å². The molecule has 0 spiro atoms. The number of β-lactam (4-membered cyclic amide) rings is 1. The van der Waals surface area contributed by atoms with Gasteiger partial charge in [0.2, 0.25) is 5.91 Å². The molecule has 1 N–H and O–H groups in total. The van der Waals surface area contributed by atoms with Gasteiger partial charge < -0.3 is 14.8 Å². The maximum Gasteiger partial charge on any atom is 0.255 e. The minimum Gasteiger partial charge on any atom is -0.497 e. The van der Waals surface area contributed by atoms with Crippen molar-refractivity contribution >= 4 is 23.2 Å². The quantitative estimate of drug-likeness (QED) is 0.639. The predicted octanol–water partition coefficient (Wildman–Crippen LogP) is 3.37. The van der Waals surface area contributed by atoms with E-state index in [1.807, 2.05) is 0 Å². The Balaban J connectivity index is 1.73. The van der Waals surface area contributed by atoms with Crippen LogP contribution in [-0.2, 0) is 15.1 Å². The molecule has 7 heteroatoms. The van der Waals surface area contributed by atoms with Crippen molar-refractivity contribution in [1.82, 2.24) is 4.98 Å². The van der Waals surface area contributed by atoms with Gasteiger partial charge in [-0.3, -0.25) is 19.5 Å². The van der Waals surface area contributed by atoms with Gasteiger partial charge in [0.15, 0.2) is 5.54 Å². The Bertz CT molecular complexity index is 1050. The van der Waals surface area contributed by atoms with Crippen LogP contribution >= 0.6 is 0 Å². The number of hydrogen-bond donors (Lipinski definition) is 1. The monoisotopic (exact) mass is 403 g/mol. The zero-order valence-electron chi connectivity index (χ0n) is 16.7. The molecule has 0 radical (unpaired) electrons. The Hall–Kier alpha value is -3.87. The highest BCUT2D eigenvalue weighted by Gasteiger charge is 2.58. The molecule has 0 aliphatic carbocycles. The molecule has 1 fully saturated rings.